The lowest BCUT2D eigenvalue weighted by molar-refractivity contribution is 0.484. The van der Waals surface area contributed by atoms with Gasteiger partial charge in [-0.2, -0.15) is 8.42 Å². The molecule has 2 aromatic carbocycles. The minimum absolute atomic E-state index is 0.140. The molecule has 3 N–H and O–H groups in total. The summed E-state index contributed by atoms with van der Waals surface area (Å²) in [4.78, 5) is -0.641. The Morgan fingerprint density at radius 2 is 1.74 bits per heavy atom. The molecule has 9 heteroatoms. The topological polar surface area (TPSA) is 115 Å². The third-order valence-electron chi connectivity index (χ3n) is 2.50. The van der Waals surface area contributed by atoms with Crippen LogP contribution in [-0.2, 0) is 20.1 Å². The SMILES string of the molecule is NS(=O)(=O)c1cc(S(=O)(=O)O)c2c(S)cccc2c1. The van der Waals surface area contributed by atoms with Crippen LogP contribution in [0.1, 0.15) is 0 Å². The molecule has 0 aliphatic carbocycles. The number of fused-ring (bicyclic) bond motifs is 1. The van der Waals surface area contributed by atoms with E-state index in [1.54, 1.807) is 6.07 Å². The molecule has 0 radical (unpaired) electrons. The Balaban J connectivity index is 3.07. The van der Waals surface area contributed by atoms with E-state index in [-0.39, 0.29) is 5.39 Å². The fourth-order valence-electron chi connectivity index (χ4n) is 1.71. The van der Waals surface area contributed by atoms with E-state index < -0.39 is 29.9 Å². The average Bonchev–Trinajstić information content (AvgIpc) is 2.25. The number of nitrogens with two attached hydrogens (primary N) is 1. The van der Waals surface area contributed by atoms with Gasteiger partial charge in [-0.15, -0.1) is 12.6 Å². The summed E-state index contributed by atoms with van der Waals surface area (Å²) >= 11 is 4.10. The van der Waals surface area contributed by atoms with Gasteiger partial charge in [-0.05, 0) is 23.6 Å². The summed E-state index contributed by atoms with van der Waals surface area (Å²) < 4.78 is 54.6. The number of benzene rings is 2. The molecule has 0 fully saturated rings. The minimum Gasteiger partial charge on any atom is -0.282 e. The smallest absolute Gasteiger partial charge is 0.282 e. The van der Waals surface area contributed by atoms with Crippen molar-refractivity contribution in [1.82, 2.24) is 0 Å². The van der Waals surface area contributed by atoms with Crippen LogP contribution in [0.15, 0.2) is 45.0 Å². The molecule has 0 aliphatic heterocycles. The van der Waals surface area contributed by atoms with Crippen molar-refractivity contribution in [3.05, 3.63) is 30.3 Å². The summed E-state index contributed by atoms with van der Waals surface area (Å²) in [7, 11) is -8.69. The van der Waals surface area contributed by atoms with Crippen molar-refractivity contribution in [3.8, 4) is 0 Å². The van der Waals surface area contributed by atoms with Crippen LogP contribution in [0.3, 0.4) is 0 Å². The van der Waals surface area contributed by atoms with Crippen LogP contribution in [-0.4, -0.2) is 21.4 Å². The minimum atomic E-state index is -4.60. The van der Waals surface area contributed by atoms with Gasteiger partial charge < -0.3 is 0 Å². The molecule has 0 amide bonds. The normalized spacial score (nSPS) is 12.8. The van der Waals surface area contributed by atoms with Crippen molar-refractivity contribution in [2.24, 2.45) is 5.14 Å². The first-order valence-electron chi connectivity index (χ1n) is 4.87. The predicted molar refractivity (Wildman–Crippen MR) is 72.4 cm³/mol. The number of hydrogen-bond acceptors (Lipinski definition) is 5. The van der Waals surface area contributed by atoms with Gasteiger partial charge in [0.25, 0.3) is 10.1 Å². The second-order valence-corrected chi connectivity index (χ2v) is 7.25. The van der Waals surface area contributed by atoms with Gasteiger partial charge in [0.15, 0.2) is 0 Å². The van der Waals surface area contributed by atoms with Gasteiger partial charge in [0.1, 0.15) is 4.90 Å². The highest BCUT2D eigenvalue weighted by atomic mass is 32.2. The number of rotatable bonds is 2. The summed E-state index contributed by atoms with van der Waals surface area (Å²) in [5, 5.41) is 5.41. The molecule has 0 atom stereocenters. The molecule has 2 aromatic rings. The van der Waals surface area contributed by atoms with Crippen molar-refractivity contribution in [2.75, 3.05) is 0 Å². The van der Waals surface area contributed by atoms with E-state index in [0.717, 1.165) is 6.07 Å². The van der Waals surface area contributed by atoms with E-state index in [1.807, 2.05) is 0 Å². The molecule has 0 saturated heterocycles. The largest absolute Gasteiger partial charge is 0.295 e. The van der Waals surface area contributed by atoms with Gasteiger partial charge in [0.05, 0.1) is 4.90 Å². The van der Waals surface area contributed by atoms with E-state index in [0.29, 0.717) is 10.3 Å². The summed E-state index contributed by atoms with van der Waals surface area (Å²) in [5.41, 5.74) is 0. The number of primary sulfonamides is 1. The van der Waals surface area contributed by atoms with Gasteiger partial charge in [-0.3, -0.25) is 4.55 Å². The second-order valence-electron chi connectivity index (χ2n) is 3.82. The monoisotopic (exact) mass is 319 g/mol. The second kappa shape index (κ2) is 4.46. The van der Waals surface area contributed by atoms with Crippen LogP contribution in [0.25, 0.3) is 10.8 Å². The molecule has 0 saturated carbocycles. The maximum Gasteiger partial charge on any atom is 0.295 e. The molecular weight excluding hydrogens is 310 g/mol. The van der Waals surface area contributed by atoms with Crippen molar-refractivity contribution in [1.29, 1.82) is 0 Å². The molecule has 19 heavy (non-hydrogen) atoms. The van der Waals surface area contributed by atoms with Gasteiger partial charge >= 0.3 is 0 Å². The Labute approximate surface area is 115 Å². The first-order chi connectivity index (χ1) is 8.60. The third-order valence-corrected chi connectivity index (χ3v) is 4.64. The number of thiol groups is 1. The molecule has 0 heterocycles. The Kier molecular flexibility index (Phi) is 3.35. The average molecular weight is 319 g/mol. The standard InChI is InChI=1S/C10H9NO5S3/c11-18(12,13)7-4-6-2-1-3-8(17)10(6)9(5-7)19(14,15)16/h1-5,17H,(H2,11,12,13)(H,14,15,16). The molecule has 0 bridgehead atoms. The van der Waals surface area contributed by atoms with E-state index in [9.17, 15) is 21.4 Å². The van der Waals surface area contributed by atoms with Crippen LogP contribution >= 0.6 is 12.6 Å². The van der Waals surface area contributed by atoms with Gasteiger partial charge in [-0.1, -0.05) is 12.1 Å². The van der Waals surface area contributed by atoms with Gasteiger partial charge in [0, 0.05) is 10.3 Å². The maximum atomic E-state index is 11.4. The summed E-state index contributed by atoms with van der Waals surface area (Å²) in [6, 6.07) is 6.63. The van der Waals surface area contributed by atoms with E-state index in [1.165, 1.54) is 18.2 Å². The zero-order valence-electron chi connectivity index (χ0n) is 9.31. The Morgan fingerprint density at radius 3 is 2.26 bits per heavy atom. The van der Waals surface area contributed by atoms with Crippen LogP contribution in [0.4, 0.5) is 0 Å². The Bertz CT molecular complexity index is 871. The molecule has 0 spiro atoms. The van der Waals surface area contributed by atoms with Crippen molar-refractivity contribution in [2.45, 2.75) is 14.7 Å². The zero-order chi connectivity index (χ0) is 14.4. The van der Waals surface area contributed by atoms with E-state index >= 15 is 0 Å². The molecule has 2 rings (SSSR count). The quantitative estimate of drug-likeness (QED) is 0.565. The van der Waals surface area contributed by atoms with Gasteiger partial charge in [-0.25, -0.2) is 13.6 Å². The lowest BCUT2D eigenvalue weighted by atomic mass is 10.1. The molecule has 0 unspecified atom stereocenters. The Morgan fingerprint density at radius 1 is 1.11 bits per heavy atom. The van der Waals surface area contributed by atoms with Crippen LogP contribution in [0.5, 0.6) is 0 Å². The maximum absolute atomic E-state index is 11.4. The molecular formula is C10H9NO5S3. The van der Waals surface area contributed by atoms with E-state index in [2.05, 4.69) is 12.6 Å². The summed E-state index contributed by atoms with van der Waals surface area (Å²) in [6.45, 7) is 0. The third kappa shape index (κ3) is 2.74. The summed E-state index contributed by atoms with van der Waals surface area (Å²) in [5.74, 6) is 0. The van der Waals surface area contributed by atoms with Crippen LogP contribution in [0.2, 0.25) is 0 Å². The molecule has 102 valence electrons. The van der Waals surface area contributed by atoms with Crippen molar-refractivity contribution >= 4 is 43.5 Å². The van der Waals surface area contributed by atoms with Crippen LogP contribution in [0, 0.1) is 0 Å². The molecule has 6 nitrogen and oxygen atoms in total. The fourth-order valence-corrected chi connectivity index (χ4v) is 3.53. The summed E-state index contributed by atoms with van der Waals surface area (Å²) in [6.07, 6.45) is 0. The highest BCUT2D eigenvalue weighted by Crippen LogP contribution is 2.31. The highest BCUT2D eigenvalue weighted by Gasteiger charge is 2.20. The van der Waals surface area contributed by atoms with Crippen molar-refractivity contribution in [3.63, 3.8) is 0 Å². The van der Waals surface area contributed by atoms with Crippen molar-refractivity contribution < 1.29 is 21.4 Å². The Hall–Kier alpha value is -1.13. The first kappa shape index (κ1) is 14.3. The lowest BCUT2D eigenvalue weighted by Crippen LogP contribution is -2.13. The first-order valence-corrected chi connectivity index (χ1v) is 8.30. The zero-order valence-corrected chi connectivity index (χ0v) is 11.8. The highest BCUT2D eigenvalue weighted by molar-refractivity contribution is 7.89. The predicted octanol–water partition coefficient (Wildman–Crippen LogP) is 1.02. The number of sulfonamides is 1. The van der Waals surface area contributed by atoms with Gasteiger partial charge in [0.2, 0.25) is 10.0 Å². The van der Waals surface area contributed by atoms with E-state index in [4.69, 9.17) is 5.14 Å². The molecule has 0 aromatic heterocycles. The number of hydrogen-bond donors (Lipinski definition) is 3. The van der Waals surface area contributed by atoms with Crippen LogP contribution < -0.4 is 5.14 Å². The molecule has 0 aliphatic rings. The fraction of sp³-hybridized carbons (Fsp3) is 0. The lowest BCUT2D eigenvalue weighted by Gasteiger charge is -2.09.